The molecular formula is C16H21NO. The summed E-state index contributed by atoms with van der Waals surface area (Å²) >= 11 is 0. The molecule has 2 heteroatoms. The van der Waals surface area contributed by atoms with Crippen LogP contribution in [-0.2, 0) is 4.79 Å². The monoisotopic (exact) mass is 243 g/mol. The first-order valence-electron chi connectivity index (χ1n) is 5.84. The smallest absolute Gasteiger partial charge is 0.178 e. The van der Waals surface area contributed by atoms with Crippen molar-refractivity contribution in [1.29, 1.82) is 0 Å². The van der Waals surface area contributed by atoms with E-state index in [-0.39, 0.29) is 5.78 Å². The molecule has 0 N–H and O–H groups in total. The average molecular weight is 243 g/mol. The fourth-order valence-electron chi connectivity index (χ4n) is 0.946. The largest absolute Gasteiger partial charge is 0.383 e. The summed E-state index contributed by atoms with van der Waals surface area (Å²) in [6, 6.07) is 0. The predicted octanol–water partition coefficient (Wildman–Crippen LogP) is 3.43. The number of ketones is 1. The molecular weight excluding hydrogens is 222 g/mol. The van der Waals surface area contributed by atoms with Crippen LogP contribution >= 0.6 is 0 Å². The molecule has 0 saturated heterocycles. The van der Waals surface area contributed by atoms with Gasteiger partial charge in [0.2, 0.25) is 0 Å². The highest BCUT2D eigenvalue weighted by Crippen LogP contribution is 1.86. The van der Waals surface area contributed by atoms with Crippen molar-refractivity contribution < 1.29 is 4.79 Å². The van der Waals surface area contributed by atoms with E-state index in [0.29, 0.717) is 0 Å². The maximum Gasteiger partial charge on any atom is 0.178 e. The van der Waals surface area contributed by atoms with Crippen LogP contribution in [0.3, 0.4) is 0 Å². The summed E-state index contributed by atoms with van der Waals surface area (Å²) in [7, 11) is 3.86. The molecule has 0 aliphatic rings. The Morgan fingerprint density at radius 2 is 1.28 bits per heavy atom. The lowest BCUT2D eigenvalue weighted by Gasteiger charge is -2.00. The molecule has 0 spiro atoms. The third-order valence-electron chi connectivity index (χ3n) is 1.76. The lowest BCUT2D eigenvalue weighted by atomic mass is 10.3. The molecule has 0 aromatic carbocycles. The van der Waals surface area contributed by atoms with Gasteiger partial charge < -0.3 is 4.90 Å². The molecule has 0 aliphatic carbocycles. The Bertz CT molecular complexity index is 393. The van der Waals surface area contributed by atoms with E-state index in [1.54, 1.807) is 12.2 Å². The van der Waals surface area contributed by atoms with Crippen molar-refractivity contribution in [2.75, 3.05) is 14.1 Å². The first kappa shape index (κ1) is 15.9. The Morgan fingerprint density at radius 3 is 1.83 bits per heavy atom. The molecule has 96 valence electrons. The molecule has 18 heavy (non-hydrogen) atoms. The summed E-state index contributed by atoms with van der Waals surface area (Å²) < 4.78 is 0. The minimum absolute atomic E-state index is 0.0273. The zero-order valence-electron chi connectivity index (χ0n) is 11.3. The van der Waals surface area contributed by atoms with Gasteiger partial charge in [-0.3, -0.25) is 4.79 Å². The van der Waals surface area contributed by atoms with E-state index in [4.69, 9.17) is 0 Å². The number of rotatable bonds is 7. The van der Waals surface area contributed by atoms with E-state index >= 15 is 0 Å². The average Bonchev–Trinajstić information content (AvgIpc) is 2.33. The summed E-state index contributed by atoms with van der Waals surface area (Å²) in [6.45, 7) is 1.96. The summed E-state index contributed by atoms with van der Waals surface area (Å²) in [5.41, 5.74) is 0. The van der Waals surface area contributed by atoms with E-state index in [1.807, 2.05) is 74.7 Å². The van der Waals surface area contributed by atoms with Crippen molar-refractivity contribution in [3.05, 3.63) is 73.0 Å². The van der Waals surface area contributed by atoms with Crippen molar-refractivity contribution in [2.24, 2.45) is 0 Å². The van der Waals surface area contributed by atoms with Gasteiger partial charge in [0, 0.05) is 14.1 Å². The van der Waals surface area contributed by atoms with Gasteiger partial charge in [-0.25, -0.2) is 0 Å². The quantitative estimate of drug-likeness (QED) is 0.504. The van der Waals surface area contributed by atoms with Gasteiger partial charge in [0.05, 0.1) is 0 Å². The molecule has 0 fully saturated rings. The molecule has 0 aromatic rings. The number of nitrogens with zero attached hydrogens (tertiary/aromatic N) is 1. The minimum Gasteiger partial charge on any atom is -0.383 e. The van der Waals surface area contributed by atoms with Crippen LogP contribution in [0.5, 0.6) is 0 Å². The summed E-state index contributed by atoms with van der Waals surface area (Å²) in [5.74, 6) is -0.0273. The molecule has 0 aliphatic heterocycles. The number of allylic oxidation sites excluding steroid dienone is 11. The molecule has 0 rings (SSSR count). The van der Waals surface area contributed by atoms with Gasteiger partial charge in [0.25, 0.3) is 0 Å². The van der Waals surface area contributed by atoms with Crippen LogP contribution < -0.4 is 0 Å². The van der Waals surface area contributed by atoms with Crippen LogP contribution in [-0.4, -0.2) is 24.8 Å². The Kier molecular flexibility index (Phi) is 10.1. The fraction of sp³-hybridized carbons (Fsp3) is 0.188. The van der Waals surface area contributed by atoms with Gasteiger partial charge in [0.15, 0.2) is 5.78 Å². The zero-order chi connectivity index (χ0) is 13.6. The third-order valence-corrected chi connectivity index (χ3v) is 1.76. The second kappa shape index (κ2) is 11.4. The van der Waals surface area contributed by atoms with Gasteiger partial charge in [-0.15, -0.1) is 0 Å². The Labute approximate surface area is 110 Å². The standard InChI is InChI=1S/C16H21NO/c1-4-5-6-7-8-9-10-13-16(18)14-11-12-15-17(2)3/h4-15H,1-3H3/b5-4+,7-6+,9-8+,13-10+,14-11+,15-12+. The maximum atomic E-state index is 11.3. The van der Waals surface area contributed by atoms with Gasteiger partial charge in [-0.05, 0) is 31.4 Å². The SMILES string of the molecule is C/C=C/C=C/C=C/C=C/C(=O)/C=C/C=C/N(C)C. The first-order chi connectivity index (χ1) is 8.66. The summed E-state index contributed by atoms with van der Waals surface area (Å²) in [4.78, 5) is 13.2. The van der Waals surface area contributed by atoms with Crippen LogP contribution in [0.4, 0.5) is 0 Å². The minimum atomic E-state index is -0.0273. The predicted molar refractivity (Wildman–Crippen MR) is 79.2 cm³/mol. The highest BCUT2D eigenvalue weighted by molar-refractivity contribution is 5.99. The van der Waals surface area contributed by atoms with Crippen LogP contribution in [0.1, 0.15) is 6.92 Å². The Morgan fingerprint density at radius 1 is 0.778 bits per heavy atom. The molecule has 0 atom stereocenters. The number of hydrogen-bond donors (Lipinski definition) is 0. The molecule has 0 aromatic heterocycles. The topological polar surface area (TPSA) is 20.3 Å². The highest BCUT2D eigenvalue weighted by atomic mass is 16.1. The normalized spacial score (nSPS) is 13.3. The lowest BCUT2D eigenvalue weighted by Crippen LogP contribution is -1.99. The van der Waals surface area contributed by atoms with Gasteiger partial charge in [-0.2, -0.15) is 0 Å². The van der Waals surface area contributed by atoms with Crippen LogP contribution in [0.25, 0.3) is 0 Å². The summed E-state index contributed by atoms with van der Waals surface area (Å²) in [5, 5.41) is 0. The highest BCUT2D eigenvalue weighted by Gasteiger charge is 1.83. The molecule has 0 saturated carbocycles. The molecule has 0 radical (unpaired) electrons. The van der Waals surface area contributed by atoms with E-state index in [9.17, 15) is 4.79 Å². The van der Waals surface area contributed by atoms with Crippen molar-refractivity contribution >= 4 is 5.78 Å². The lowest BCUT2D eigenvalue weighted by molar-refractivity contribution is -0.110. The van der Waals surface area contributed by atoms with Crippen molar-refractivity contribution in [2.45, 2.75) is 6.92 Å². The van der Waals surface area contributed by atoms with Crippen LogP contribution in [0.2, 0.25) is 0 Å². The molecule has 0 unspecified atom stereocenters. The Balaban J connectivity index is 4.01. The Hall–Kier alpha value is -2.09. The second-order valence-electron chi connectivity index (χ2n) is 3.72. The van der Waals surface area contributed by atoms with E-state index in [1.165, 1.54) is 12.2 Å². The fourth-order valence-corrected chi connectivity index (χ4v) is 0.946. The van der Waals surface area contributed by atoms with Crippen molar-refractivity contribution in [3.8, 4) is 0 Å². The number of hydrogen-bond acceptors (Lipinski definition) is 2. The second-order valence-corrected chi connectivity index (χ2v) is 3.72. The molecule has 0 heterocycles. The maximum absolute atomic E-state index is 11.3. The number of carbonyl (C=O) groups is 1. The zero-order valence-corrected chi connectivity index (χ0v) is 11.3. The number of carbonyl (C=O) groups excluding carboxylic acids is 1. The summed E-state index contributed by atoms with van der Waals surface area (Å²) in [6.07, 6.45) is 21.6. The van der Waals surface area contributed by atoms with Gasteiger partial charge in [0.1, 0.15) is 0 Å². The van der Waals surface area contributed by atoms with Gasteiger partial charge in [-0.1, -0.05) is 48.6 Å². The van der Waals surface area contributed by atoms with E-state index in [2.05, 4.69) is 0 Å². The third kappa shape index (κ3) is 12.0. The van der Waals surface area contributed by atoms with Crippen molar-refractivity contribution in [1.82, 2.24) is 4.90 Å². The first-order valence-corrected chi connectivity index (χ1v) is 5.84. The van der Waals surface area contributed by atoms with Crippen molar-refractivity contribution in [3.63, 3.8) is 0 Å². The molecule has 0 bridgehead atoms. The molecule has 2 nitrogen and oxygen atoms in total. The van der Waals surface area contributed by atoms with E-state index < -0.39 is 0 Å². The van der Waals surface area contributed by atoms with Crippen LogP contribution in [0, 0.1) is 0 Å². The van der Waals surface area contributed by atoms with Gasteiger partial charge >= 0.3 is 0 Å². The van der Waals surface area contributed by atoms with Crippen LogP contribution in [0.15, 0.2) is 73.0 Å². The van der Waals surface area contributed by atoms with E-state index in [0.717, 1.165) is 0 Å². The molecule has 0 amide bonds.